The van der Waals surface area contributed by atoms with Gasteiger partial charge in [0, 0.05) is 0 Å². The summed E-state index contributed by atoms with van der Waals surface area (Å²) in [7, 11) is 0. The molecule has 0 bridgehead atoms. The first-order chi connectivity index (χ1) is 5.61. The van der Waals surface area contributed by atoms with Crippen LogP contribution in [0.2, 0.25) is 0 Å². The summed E-state index contributed by atoms with van der Waals surface area (Å²) in [6, 6.07) is -0.455. The summed E-state index contributed by atoms with van der Waals surface area (Å²) in [6.07, 6.45) is 2.40. The molecule has 3 nitrogen and oxygen atoms in total. The molecule has 0 unspecified atom stereocenters. The normalized spacial score (nSPS) is 19.3. The molecule has 70 valence electrons. The van der Waals surface area contributed by atoms with Crippen molar-refractivity contribution in [2.45, 2.75) is 32.7 Å². The number of esters is 1. The number of rotatable bonds is 4. The lowest BCUT2D eigenvalue weighted by Crippen LogP contribution is -2.37. The first-order valence-electron chi connectivity index (χ1n) is 4.53. The summed E-state index contributed by atoms with van der Waals surface area (Å²) in [5.41, 5.74) is 5.59. The molecule has 1 aliphatic rings. The van der Waals surface area contributed by atoms with Gasteiger partial charge in [0.05, 0.1) is 6.61 Å². The highest BCUT2D eigenvalue weighted by Crippen LogP contribution is 2.28. The van der Waals surface area contributed by atoms with Gasteiger partial charge < -0.3 is 10.5 Å². The monoisotopic (exact) mass is 171 g/mol. The fraction of sp³-hybridized carbons (Fsp3) is 0.889. The van der Waals surface area contributed by atoms with E-state index in [0.717, 1.165) is 0 Å². The zero-order chi connectivity index (χ0) is 9.14. The Balaban J connectivity index is 2.16. The van der Waals surface area contributed by atoms with Gasteiger partial charge in [-0.05, 0) is 24.7 Å². The zero-order valence-corrected chi connectivity index (χ0v) is 7.75. The van der Waals surface area contributed by atoms with Crippen molar-refractivity contribution in [3.05, 3.63) is 0 Å². The topological polar surface area (TPSA) is 52.3 Å². The molecule has 1 atom stereocenters. The number of hydrogen-bond donors (Lipinski definition) is 1. The number of ether oxygens (including phenoxy) is 1. The minimum Gasteiger partial charge on any atom is -0.464 e. The highest BCUT2D eigenvalue weighted by molar-refractivity contribution is 5.75. The maximum Gasteiger partial charge on any atom is 0.323 e. The van der Waals surface area contributed by atoms with Crippen LogP contribution in [0.25, 0.3) is 0 Å². The summed E-state index contributed by atoms with van der Waals surface area (Å²) in [5.74, 6) is 0.530. The van der Waals surface area contributed by atoms with E-state index in [1.807, 2.05) is 13.8 Å². The van der Waals surface area contributed by atoms with Gasteiger partial charge >= 0.3 is 5.97 Å². The third kappa shape index (κ3) is 2.81. The van der Waals surface area contributed by atoms with Gasteiger partial charge in [-0.3, -0.25) is 4.79 Å². The van der Waals surface area contributed by atoms with Crippen LogP contribution in [0.1, 0.15) is 26.7 Å². The lowest BCUT2D eigenvalue weighted by Gasteiger charge is -2.13. The minimum atomic E-state index is -0.455. The number of hydrogen-bond acceptors (Lipinski definition) is 3. The van der Waals surface area contributed by atoms with E-state index in [1.165, 1.54) is 12.8 Å². The van der Waals surface area contributed by atoms with Gasteiger partial charge in [-0.25, -0.2) is 0 Å². The van der Waals surface area contributed by atoms with Gasteiger partial charge in [0.1, 0.15) is 6.04 Å². The summed E-state index contributed by atoms with van der Waals surface area (Å²) in [4.78, 5) is 11.2. The van der Waals surface area contributed by atoms with E-state index in [0.29, 0.717) is 12.5 Å². The Labute approximate surface area is 73.3 Å². The van der Waals surface area contributed by atoms with E-state index < -0.39 is 6.04 Å². The molecule has 0 spiro atoms. The molecule has 0 aromatic heterocycles. The highest BCUT2D eigenvalue weighted by Gasteiger charge is 2.25. The zero-order valence-electron chi connectivity index (χ0n) is 7.75. The lowest BCUT2D eigenvalue weighted by molar-refractivity contribution is -0.146. The molecule has 0 heterocycles. The van der Waals surface area contributed by atoms with Gasteiger partial charge in [0.2, 0.25) is 0 Å². The average molecular weight is 171 g/mol. The van der Waals surface area contributed by atoms with Gasteiger partial charge in [0.15, 0.2) is 0 Å². The van der Waals surface area contributed by atoms with Crippen LogP contribution in [0.4, 0.5) is 0 Å². The third-order valence-corrected chi connectivity index (χ3v) is 2.15. The van der Waals surface area contributed by atoms with Crippen LogP contribution < -0.4 is 5.73 Å². The SMILES string of the molecule is CC(C)[C@H](N)C(=O)OCC1CC1. The maximum atomic E-state index is 11.2. The molecule has 1 aliphatic carbocycles. The Hall–Kier alpha value is -0.570. The predicted molar refractivity (Wildman–Crippen MR) is 46.5 cm³/mol. The van der Waals surface area contributed by atoms with E-state index in [-0.39, 0.29) is 11.9 Å². The van der Waals surface area contributed by atoms with Crippen molar-refractivity contribution in [2.75, 3.05) is 6.61 Å². The van der Waals surface area contributed by atoms with Crippen LogP contribution in [0.5, 0.6) is 0 Å². The van der Waals surface area contributed by atoms with Crippen molar-refractivity contribution >= 4 is 5.97 Å². The van der Waals surface area contributed by atoms with E-state index in [4.69, 9.17) is 10.5 Å². The molecule has 0 saturated heterocycles. The number of carbonyl (C=O) groups is 1. The predicted octanol–water partition coefficient (Wildman–Crippen LogP) is 0.923. The fourth-order valence-corrected chi connectivity index (χ4v) is 0.853. The largest absolute Gasteiger partial charge is 0.464 e. The molecular formula is C9H17NO2. The Morgan fingerprint density at radius 1 is 1.58 bits per heavy atom. The lowest BCUT2D eigenvalue weighted by atomic mass is 10.1. The molecule has 12 heavy (non-hydrogen) atoms. The second-order valence-corrected chi connectivity index (χ2v) is 3.84. The van der Waals surface area contributed by atoms with Crippen molar-refractivity contribution in [1.29, 1.82) is 0 Å². The maximum absolute atomic E-state index is 11.2. The minimum absolute atomic E-state index is 0.164. The molecule has 0 radical (unpaired) electrons. The molecule has 0 aliphatic heterocycles. The van der Waals surface area contributed by atoms with Crippen molar-refractivity contribution in [1.82, 2.24) is 0 Å². The van der Waals surface area contributed by atoms with Gasteiger partial charge in [-0.15, -0.1) is 0 Å². The van der Waals surface area contributed by atoms with Crippen molar-refractivity contribution in [2.24, 2.45) is 17.6 Å². The molecule has 1 fully saturated rings. The quantitative estimate of drug-likeness (QED) is 0.640. The summed E-state index contributed by atoms with van der Waals surface area (Å²) >= 11 is 0. The molecule has 0 aromatic rings. The Bertz CT molecular complexity index is 164. The second kappa shape index (κ2) is 3.90. The number of carbonyl (C=O) groups excluding carboxylic acids is 1. The molecule has 2 N–H and O–H groups in total. The Morgan fingerprint density at radius 3 is 2.58 bits per heavy atom. The van der Waals surface area contributed by atoms with Crippen LogP contribution in [-0.2, 0) is 9.53 Å². The smallest absolute Gasteiger partial charge is 0.323 e. The van der Waals surface area contributed by atoms with E-state index >= 15 is 0 Å². The van der Waals surface area contributed by atoms with Crippen molar-refractivity contribution in [3.63, 3.8) is 0 Å². The van der Waals surface area contributed by atoms with Crippen LogP contribution in [0, 0.1) is 11.8 Å². The van der Waals surface area contributed by atoms with Crippen LogP contribution in [-0.4, -0.2) is 18.6 Å². The molecular weight excluding hydrogens is 154 g/mol. The first kappa shape index (κ1) is 9.52. The molecule has 1 saturated carbocycles. The van der Waals surface area contributed by atoms with E-state index in [9.17, 15) is 4.79 Å². The van der Waals surface area contributed by atoms with E-state index in [1.54, 1.807) is 0 Å². The van der Waals surface area contributed by atoms with Crippen LogP contribution in [0.3, 0.4) is 0 Å². The highest BCUT2D eigenvalue weighted by atomic mass is 16.5. The van der Waals surface area contributed by atoms with Crippen LogP contribution in [0.15, 0.2) is 0 Å². The van der Waals surface area contributed by atoms with Gasteiger partial charge in [-0.1, -0.05) is 13.8 Å². The summed E-state index contributed by atoms with van der Waals surface area (Å²) in [5, 5.41) is 0. The van der Waals surface area contributed by atoms with E-state index in [2.05, 4.69) is 0 Å². The average Bonchev–Trinajstić information content (AvgIpc) is 2.81. The number of nitrogens with two attached hydrogens (primary N) is 1. The Kier molecular flexibility index (Phi) is 3.09. The molecule has 0 amide bonds. The van der Waals surface area contributed by atoms with Crippen LogP contribution >= 0.6 is 0 Å². The van der Waals surface area contributed by atoms with Crippen molar-refractivity contribution < 1.29 is 9.53 Å². The van der Waals surface area contributed by atoms with Crippen molar-refractivity contribution in [3.8, 4) is 0 Å². The summed E-state index contributed by atoms with van der Waals surface area (Å²) < 4.78 is 5.03. The van der Waals surface area contributed by atoms with Gasteiger partial charge in [-0.2, -0.15) is 0 Å². The standard InChI is InChI=1S/C9H17NO2/c1-6(2)8(10)9(11)12-5-7-3-4-7/h6-8H,3-5,10H2,1-2H3/t8-/m0/s1. The Morgan fingerprint density at radius 2 is 2.17 bits per heavy atom. The molecule has 1 rings (SSSR count). The summed E-state index contributed by atoms with van der Waals surface area (Å²) in [6.45, 7) is 4.41. The molecule has 3 heteroatoms. The fourth-order valence-electron chi connectivity index (χ4n) is 0.853. The second-order valence-electron chi connectivity index (χ2n) is 3.84. The van der Waals surface area contributed by atoms with Gasteiger partial charge in [0.25, 0.3) is 0 Å². The molecule has 0 aromatic carbocycles. The third-order valence-electron chi connectivity index (χ3n) is 2.15. The first-order valence-corrected chi connectivity index (χ1v) is 4.53.